The maximum Gasteiger partial charge on any atom is 0.359 e. The van der Waals surface area contributed by atoms with Crippen molar-refractivity contribution in [2.24, 2.45) is 0 Å². The first-order chi connectivity index (χ1) is 3.10. The van der Waals surface area contributed by atoms with E-state index < -0.39 is 7.60 Å². The van der Waals surface area contributed by atoms with E-state index in [0.29, 0.717) is 0 Å². The van der Waals surface area contributed by atoms with Crippen molar-refractivity contribution in [3.63, 3.8) is 0 Å². The van der Waals surface area contributed by atoms with E-state index in [1.807, 2.05) is 0 Å². The quantitative estimate of drug-likeness (QED) is 0.351. The molecule has 1 aliphatic heterocycles. The van der Waals surface area contributed by atoms with Gasteiger partial charge in [0.15, 0.2) is 0 Å². The van der Waals surface area contributed by atoms with Crippen LogP contribution in [0.3, 0.4) is 0 Å². The lowest BCUT2D eigenvalue weighted by atomic mass is 11.5. The van der Waals surface area contributed by atoms with Crippen molar-refractivity contribution >= 4 is 7.60 Å². The van der Waals surface area contributed by atoms with Crippen LogP contribution in [0.1, 0.15) is 0 Å². The van der Waals surface area contributed by atoms with Gasteiger partial charge in [0.05, 0.1) is 0 Å². The summed E-state index contributed by atoms with van der Waals surface area (Å²) < 4.78 is 19.1. The Labute approximate surface area is 41.5 Å². The molecular formula is C2H5NO3P-. The summed E-state index contributed by atoms with van der Waals surface area (Å²) in [6.07, 6.45) is 0. The lowest BCUT2D eigenvalue weighted by Gasteiger charge is -2.36. The minimum Gasteiger partial charge on any atom is -0.257 e. The summed E-state index contributed by atoms with van der Waals surface area (Å²) in [6, 6.07) is 0. The molecule has 0 aromatic rings. The first-order valence-electron chi connectivity index (χ1n) is 1.68. The van der Waals surface area contributed by atoms with Crippen molar-refractivity contribution in [3.05, 3.63) is 7.05 Å². The molecule has 0 radical (unpaired) electrons. The van der Waals surface area contributed by atoms with Gasteiger partial charge in [0, 0.05) is 6.66 Å². The van der Waals surface area contributed by atoms with Crippen LogP contribution < -0.4 is 0 Å². The van der Waals surface area contributed by atoms with Gasteiger partial charge in [0.2, 0.25) is 0 Å². The van der Waals surface area contributed by atoms with Crippen LogP contribution in [0.5, 0.6) is 0 Å². The Balaban J connectivity index is 2.44. The highest BCUT2D eigenvalue weighted by molar-refractivity contribution is 7.53. The van der Waals surface area contributed by atoms with Gasteiger partial charge in [-0.1, -0.05) is 0 Å². The maximum atomic E-state index is 10.4. The van der Waals surface area contributed by atoms with Gasteiger partial charge in [-0.3, -0.25) is 4.57 Å². The van der Waals surface area contributed by atoms with E-state index in [0.717, 1.165) is 5.23 Å². The molecule has 7 heavy (non-hydrogen) atoms. The second-order valence-electron chi connectivity index (χ2n) is 1.27. The zero-order chi connectivity index (χ0) is 5.49. The van der Waals surface area contributed by atoms with Crippen molar-refractivity contribution in [3.8, 4) is 0 Å². The molecule has 0 N–H and O–H groups in total. The van der Waals surface area contributed by atoms with Gasteiger partial charge in [-0.2, -0.15) is 0 Å². The molecule has 0 spiro atoms. The van der Waals surface area contributed by atoms with Gasteiger partial charge in [0.25, 0.3) is 0 Å². The SMILES string of the molecule is [CH2-]N1OP(C)(=O)O1. The Kier molecular flexibility index (Phi) is 0.970. The highest BCUT2D eigenvalue weighted by atomic mass is 31.2. The van der Waals surface area contributed by atoms with Gasteiger partial charge >= 0.3 is 7.60 Å². The van der Waals surface area contributed by atoms with Gasteiger partial charge in [-0.15, -0.1) is 0 Å². The molecule has 1 fully saturated rings. The summed E-state index contributed by atoms with van der Waals surface area (Å²) >= 11 is 0. The van der Waals surface area contributed by atoms with Crippen LogP contribution in [0.4, 0.5) is 0 Å². The van der Waals surface area contributed by atoms with Gasteiger partial charge in [-0.05, 0) is 0 Å². The largest absolute Gasteiger partial charge is 0.359 e. The lowest BCUT2D eigenvalue weighted by Crippen LogP contribution is -2.24. The van der Waals surface area contributed by atoms with Crippen LogP contribution >= 0.6 is 7.60 Å². The number of hydrogen-bond acceptors (Lipinski definition) is 4. The molecule has 0 amide bonds. The van der Waals surface area contributed by atoms with Gasteiger partial charge in [-0.25, -0.2) is 21.5 Å². The summed E-state index contributed by atoms with van der Waals surface area (Å²) in [5.74, 6) is 0. The van der Waals surface area contributed by atoms with E-state index in [1.54, 1.807) is 0 Å². The van der Waals surface area contributed by atoms with Gasteiger partial charge in [0.1, 0.15) is 0 Å². The topological polar surface area (TPSA) is 38.8 Å². The average molecular weight is 122 g/mol. The minimum atomic E-state index is -2.66. The third-order valence-corrected chi connectivity index (χ3v) is 1.44. The monoisotopic (exact) mass is 122 g/mol. The van der Waals surface area contributed by atoms with Crippen LogP contribution in [-0.4, -0.2) is 11.9 Å². The zero-order valence-electron chi connectivity index (χ0n) is 3.83. The van der Waals surface area contributed by atoms with Crippen LogP contribution in [0.25, 0.3) is 0 Å². The molecule has 1 rings (SSSR count). The fraction of sp³-hybridized carbons (Fsp3) is 0.500. The van der Waals surface area contributed by atoms with Crippen molar-refractivity contribution in [1.29, 1.82) is 0 Å². The molecule has 0 aromatic heterocycles. The Morgan fingerprint density at radius 3 is 2.14 bits per heavy atom. The Hall–Kier alpha value is 0.110. The van der Waals surface area contributed by atoms with Crippen LogP contribution in [0.2, 0.25) is 0 Å². The number of hydrogen-bond donors (Lipinski definition) is 0. The number of nitrogens with zero attached hydrogens (tertiary/aromatic N) is 1. The second-order valence-corrected chi connectivity index (χ2v) is 3.14. The van der Waals surface area contributed by atoms with E-state index >= 15 is 0 Å². The standard InChI is InChI=1S/C2H5NO3P/c1-3-5-7(2,4)6-3/h1H2,2H3/q-1. The normalized spacial score (nSPS) is 29.4. The Morgan fingerprint density at radius 1 is 1.71 bits per heavy atom. The predicted octanol–water partition coefficient (Wildman–Crippen LogP) is 0.780. The summed E-state index contributed by atoms with van der Waals surface area (Å²) in [5.41, 5.74) is 0. The molecule has 1 saturated heterocycles. The molecule has 0 atom stereocenters. The summed E-state index contributed by atoms with van der Waals surface area (Å²) in [5, 5.41) is 0.820. The summed E-state index contributed by atoms with van der Waals surface area (Å²) in [6.45, 7) is 1.37. The lowest BCUT2D eigenvalue weighted by molar-refractivity contribution is -0.302. The van der Waals surface area contributed by atoms with E-state index in [1.165, 1.54) is 6.66 Å². The van der Waals surface area contributed by atoms with Crippen LogP contribution in [-0.2, 0) is 13.8 Å². The first kappa shape index (κ1) is 5.25. The number of rotatable bonds is 0. The molecule has 42 valence electrons. The zero-order valence-corrected chi connectivity index (χ0v) is 4.72. The first-order valence-corrected chi connectivity index (χ1v) is 3.67. The molecule has 0 bridgehead atoms. The molecule has 4 nitrogen and oxygen atoms in total. The Bertz CT molecular complexity index is 114. The molecule has 0 aromatic carbocycles. The average Bonchev–Trinajstić information content (AvgIpc) is 1.27. The molecule has 1 aliphatic rings. The summed E-state index contributed by atoms with van der Waals surface area (Å²) in [4.78, 5) is 0. The van der Waals surface area contributed by atoms with Crippen molar-refractivity contribution in [2.75, 3.05) is 6.66 Å². The molecule has 5 heteroatoms. The number of hydroxylamine groups is 2. The summed E-state index contributed by atoms with van der Waals surface area (Å²) in [7, 11) is 0.497. The second kappa shape index (κ2) is 1.29. The fourth-order valence-electron chi connectivity index (χ4n) is 0.337. The Morgan fingerprint density at radius 2 is 2.14 bits per heavy atom. The van der Waals surface area contributed by atoms with E-state index in [2.05, 4.69) is 16.3 Å². The predicted molar refractivity (Wildman–Crippen MR) is 22.9 cm³/mol. The van der Waals surface area contributed by atoms with Gasteiger partial charge < -0.3 is 0 Å². The third kappa shape index (κ3) is 1.01. The van der Waals surface area contributed by atoms with E-state index in [9.17, 15) is 4.57 Å². The van der Waals surface area contributed by atoms with E-state index in [4.69, 9.17) is 0 Å². The third-order valence-electron chi connectivity index (χ3n) is 0.479. The van der Waals surface area contributed by atoms with Crippen molar-refractivity contribution in [1.82, 2.24) is 5.23 Å². The smallest absolute Gasteiger partial charge is 0.257 e. The molecular weight excluding hydrogens is 117 g/mol. The fourth-order valence-corrected chi connectivity index (χ4v) is 1.01. The van der Waals surface area contributed by atoms with E-state index in [-0.39, 0.29) is 0 Å². The van der Waals surface area contributed by atoms with Crippen LogP contribution in [0.15, 0.2) is 0 Å². The van der Waals surface area contributed by atoms with Crippen LogP contribution in [0, 0.1) is 7.05 Å². The van der Waals surface area contributed by atoms with Crippen molar-refractivity contribution < 1.29 is 13.8 Å². The molecule has 0 aliphatic carbocycles. The molecule has 1 heterocycles. The molecule has 0 saturated carbocycles. The maximum absolute atomic E-state index is 10.4. The molecule has 0 unspecified atom stereocenters. The minimum absolute atomic E-state index is 0.820. The van der Waals surface area contributed by atoms with Crippen molar-refractivity contribution in [2.45, 2.75) is 0 Å². The highest BCUT2D eigenvalue weighted by Gasteiger charge is 2.29. The highest BCUT2D eigenvalue weighted by Crippen LogP contribution is 2.54.